The predicted octanol–water partition coefficient (Wildman–Crippen LogP) is -2.59. The van der Waals surface area contributed by atoms with Gasteiger partial charge in [0.05, 0.1) is 12.6 Å². The summed E-state index contributed by atoms with van der Waals surface area (Å²) >= 11 is 0. The number of aliphatic carboxylic acids is 1. The fourth-order valence-corrected chi connectivity index (χ4v) is 3.15. The number of aliphatic hydroxyl groups excluding tert-OH is 1. The van der Waals surface area contributed by atoms with Crippen molar-refractivity contribution in [2.24, 2.45) is 0 Å². The van der Waals surface area contributed by atoms with Gasteiger partial charge >= 0.3 is 5.97 Å². The van der Waals surface area contributed by atoms with Crippen LogP contribution >= 0.6 is 0 Å². The first-order chi connectivity index (χ1) is 11.9. The van der Waals surface area contributed by atoms with Crippen LogP contribution in [0.5, 0.6) is 0 Å². The van der Waals surface area contributed by atoms with Crippen molar-refractivity contribution in [3.63, 3.8) is 0 Å². The zero-order chi connectivity index (χ0) is 18.4. The van der Waals surface area contributed by atoms with Crippen LogP contribution in [0.25, 0.3) is 0 Å². The summed E-state index contributed by atoms with van der Waals surface area (Å²) in [6, 6.07) is -2.29. The molecule has 0 saturated carbocycles. The van der Waals surface area contributed by atoms with Crippen molar-refractivity contribution in [3.05, 3.63) is 0 Å². The molecule has 0 radical (unpaired) electrons. The highest BCUT2D eigenvalue weighted by Crippen LogP contribution is 2.18. The largest absolute Gasteiger partial charge is 0.480 e. The van der Waals surface area contributed by atoms with Gasteiger partial charge in [-0.3, -0.25) is 19.2 Å². The van der Waals surface area contributed by atoms with Crippen LogP contribution < -0.4 is 16.0 Å². The van der Waals surface area contributed by atoms with Gasteiger partial charge < -0.3 is 31.1 Å². The second-order valence-electron chi connectivity index (χ2n) is 6.19. The Kier molecular flexibility index (Phi) is 6.71. The van der Waals surface area contributed by atoms with E-state index >= 15 is 0 Å². The molecular weight excluding hydrogens is 332 g/mol. The van der Waals surface area contributed by atoms with E-state index in [2.05, 4.69) is 16.0 Å². The van der Waals surface area contributed by atoms with Gasteiger partial charge in [-0.25, -0.2) is 0 Å². The number of rotatable bonds is 7. The highest BCUT2D eigenvalue weighted by Gasteiger charge is 2.38. The van der Waals surface area contributed by atoms with Gasteiger partial charge in [0.25, 0.3) is 0 Å². The number of carboxylic acids is 1. The molecule has 2 aliphatic heterocycles. The van der Waals surface area contributed by atoms with E-state index < -0.39 is 43.0 Å². The van der Waals surface area contributed by atoms with Gasteiger partial charge in [0.1, 0.15) is 18.6 Å². The first-order valence-electron chi connectivity index (χ1n) is 8.38. The number of aliphatic hydroxyl groups is 1. The third-order valence-electron chi connectivity index (χ3n) is 4.43. The molecule has 0 aliphatic carbocycles. The van der Waals surface area contributed by atoms with Crippen LogP contribution in [0.1, 0.15) is 25.7 Å². The first-order valence-corrected chi connectivity index (χ1v) is 8.38. The predicted molar refractivity (Wildman–Crippen MR) is 85.4 cm³/mol. The van der Waals surface area contributed by atoms with Crippen molar-refractivity contribution in [1.82, 2.24) is 20.9 Å². The minimum Gasteiger partial charge on any atom is -0.480 e. The van der Waals surface area contributed by atoms with Gasteiger partial charge in [0, 0.05) is 6.54 Å². The number of hydrogen-bond donors (Lipinski definition) is 5. The number of amides is 3. The number of carbonyl (C=O) groups excluding carboxylic acids is 3. The summed E-state index contributed by atoms with van der Waals surface area (Å²) in [6.07, 6.45) is 2.54. The van der Waals surface area contributed by atoms with E-state index in [1.54, 1.807) is 0 Å². The Morgan fingerprint density at radius 2 is 1.92 bits per heavy atom. The zero-order valence-electron chi connectivity index (χ0n) is 13.9. The number of nitrogens with zero attached hydrogens (tertiary/aromatic N) is 1. The van der Waals surface area contributed by atoms with Gasteiger partial charge in [-0.15, -0.1) is 0 Å². The summed E-state index contributed by atoms with van der Waals surface area (Å²) in [4.78, 5) is 48.7. The molecule has 10 heteroatoms. The second kappa shape index (κ2) is 8.77. The molecule has 5 N–H and O–H groups in total. The number of nitrogens with one attached hydrogen (secondary N) is 3. The van der Waals surface area contributed by atoms with Crippen LogP contribution in [-0.2, 0) is 19.2 Å². The van der Waals surface area contributed by atoms with Crippen molar-refractivity contribution in [2.45, 2.75) is 43.8 Å². The van der Waals surface area contributed by atoms with E-state index in [0.717, 1.165) is 13.0 Å². The van der Waals surface area contributed by atoms with Gasteiger partial charge in [-0.1, -0.05) is 0 Å². The molecule has 10 nitrogen and oxygen atoms in total. The number of hydrogen-bond acceptors (Lipinski definition) is 6. The molecule has 140 valence electrons. The average molecular weight is 356 g/mol. The molecule has 2 rings (SSSR count). The molecule has 0 aromatic carbocycles. The van der Waals surface area contributed by atoms with E-state index in [1.807, 2.05) is 0 Å². The Hall–Kier alpha value is -2.20. The standard InChI is InChI=1S/C15H24N4O6/c20-8-10(18-13(23)9-3-1-5-16-9)15(25)19-6-2-4-11(19)14(24)17-7-12(21)22/h9-11,16,20H,1-8H2,(H,17,24)(H,18,23)(H,21,22). The maximum atomic E-state index is 12.6. The lowest BCUT2D eigenvalue weighted by Crippen LogP contribution is -2.57. The minimum atomic E-state index is -1.17. The van der Waals surface area contributed by atoms with Crippen molar-refractivity contribution in [1.29, 1.82) is 0 Å². The molecule has 3 amide bonds. The van der Waals surface area contributed by atoms with Crippen LogP contribution in [0.4, 0.5) is 0 Å². The van der Waals surface area contributed by atoms with E-state index in [1.165, 1.54) is 4.90 Å². The summed E-state index contributed by atoms with van der Waals surface area (Å²) in [6.45, 7) is -0.0477. The molecule has 0 aromatic heterocycles. The van der Waals surface area contributed by atoms with Crippen molar-refractivity contribution in [3.8, 4) is 0 Å². The van der Waals surface area contributed by atoms with Gasteiger partial charge in [-0.05, 0) is 32.2 Å². The van der Waals surface area contributed by atoms with Crippen molar-refractivity contribution in [2.75, 3.05) is 26.2 Å². The summed E-state index contributed by atoms with van der Waals surface area (Å²) < 4.78 is 0. The van der Waals surface area contributed by atoms with Crippen LogP contribution in [0.3, 0.4) is 0 Å². The van der Waals surface area contributed by atoms with Crippen molar-refractivity contribution < 1.29 is 29.4 Å². The molecule has 2 aliphatic rings. The number of carboxylic acid groups (broad SMARTS) is 1. The van der Waals surface area contributed by atoms with E-state index in [-0.39, 0.29) is 11.9 Å². The Morgan fingerprint density at radius 1 is 1.16 bits per heavy atom. The van der Waals surface area contributed by atoms with E-state index in [0.29, 0.717) is 25.8 Å². The number of likely N-dealkylation sites (tertiary alicyclic amines) is 1. The van der Waals surface area contributed by atoms with Crippen LogP contribution in [-0.4, -0.2) is 83.2 Å². The second-order valence-corrected chi connectivity index (χ2v) is 6.19. The molecule has 2 saturated heterocycles. The van der Waals surface area contributed by atoms with E-state index in [9.17, 15) is 24.3 Å². The van der Waals surface area contributed by atoms with Crippen LogP contribution in [0, 0.1) is 0 Å². The quantitative estimate of drug-likeness (QED) is 0.336. The molecule has 0 aromatic rings. The monoisotopic (exact) mass is 356 g/mol. The molecule has 3 atom stereocenters. The Bertz CT molecular complexity index is 534. The molecular formula is C15H24N4O6. The summed E-state index contributed by atoms with van der Waals surface area (Å²) in [5, 5.41) is 25.9. The zero-order valence-corrected chi connectivity index (χ0v) is 13.9. The SMILES string of the molecule is O=C(O)CNC(=O)C1CCCN1C(=O)C(CO)NC(=O)C1CCCN1. The van der Waals surface area contributed by atoms with Crippen LogP contribution in [0.15, 0.2) is 0 Å². The lowest BCUT2D eigenvalue weighted by Gasteiger charge is -2.28. The number of carbonyl (C=O) groups is 4. The summed E-state index contributed by atoms with van der Waals surface area (Å²) in [5.74, 6) is -2.61. The lowest BCUT2D eigenvalue weighted by molar-refractivity contribution is -0.143. The van der Waals surface area contributed by atoms with Crippen LogP contribution in [0.2, 0.25) is 0 Å². The normalized spacial score (nSPS) is 24.0. The Balaban J connectivity index is 1.96. The maximum absolute atomic E-state index is 12.6. The van der Waals surface area contributed by atoms with Crippen molar-refractivity contribution >= 4 is 23.7 Å². The maximum Gasteiger partial charge on any atom is 0.322 e. The van der Waals surface area contributed by atoms with Gasteiger partial charge in [0.2, 0.25) is 17.7 Å². The fraction of sp³-hybridized carbons (Fsp3) is 0.733. The summed E-state index contributed by atoms with van der Waals surface area (Å²) in [5.41, 5.74) is 0. The molecule has 2 heterocycles. The van der Waals surface area contributed by atoms with Gasteiger partial charge in [0.15, 0.2) is 0 Å². The lowest BCUT2D eigenvalue weighted by atomic mass is 10.1. The summed E-state index contributed by atoms with van der Waals surface area (Å²) in [7, 11) is 0. The molecule has 2 fully saturated rings. The Morgan fingerprint density at radius 3 is 2.52 bits per heavy atom. The third-order valence-corrected chi connectivity index (χ3v) is 4.43. The highest BCUT2D eigenvalue weighted by atomic mass is 16.4. The molecule has 0 bridgehead atoms. The highest BCUT2D eigenvalue weighted by molar-refractivity contribution is 5.94. The Labute approximate surface area is 144 Å². The smallest absolute Gasteiger partial charge is 0.322 e. The topological polar surface area (TPSA) is 148 Å². The molecule has 25 heavy (non-hydrogen) atoms. The third kappa shape index (κ3) is 4.89. The fourth-order valence-electron chi connectivity index (χ4n) is 3.15. The minimum absolute atomic E-state index is 0.318. The molecule has 3 unspecified atom stereocenters. The van der Waals surface area contributed by atoms with E-state index in [4.69, 9.17) is 5.11 Å². The molecule has 0 spiro atoms. The first kappa shape index (κ1) is 19.1. The van der Waals surface area contributed by atoms with Gasteiger partial charge in [-0.2, -0.15) is 0 Å². The average Bonchev–Trinajstić information content (AvgIpc) is 3.27.